The van der Waals surface area contributed by atoms with Crippen molar-refractivity contribution in [2.24, 2.45) is 0 Å². The van der Waals surface area contributed by atoms with Crippen LogP contribution in [0.25, 0.3) is 11.3 Å². The van der Waals surface area contributed by atoms with Crippen molar-refractivity contribution >= 4 is 33.5 Å². The summed E-state index contributed by atoms with van der Waals surface area (Å²) in [6, 6.07) is 3.46. The lowest BCUT2D eigenvalue weighted by Gasteiger charge is -2.10. The number of hydrogen-bond acceptors (Lipinski definition) is 5. The molecule has 1 aromatic heterocycles. The largest absolute Gasteiger partial charge is 0.496 e. The maximum Gasteiger partial charge on any atom is 0.361 e. The molecule has 0 saturated heterocycles. The van der Waals surface area contributed by atoms with E-state index in [1.165, 1.54) is 7.11 Å². The van der Waals surface area contributed by atoms with Crippen LogP contribution in [0.5, 0.6) is 5.75 Å². The number of esters is 1. The minimum absolute atomic E-state index is 0.0603. The summed E-state index contributed by atoms with van der Waals surface area (Å²) in [7, 11) is 1.51. The summed E-state index contributed by atoms with van der Waals surface area (Å²) in [4.78, 5) is 11.9. The van der Waals surface area contributed by atoms with E-state index in [0.717, 1.165) is 0 Å². The SMILES string of the molecule is CCOC(=O)c1n[nH]nc1-c1c(OC)ccc(Br)c1Cl. The van der Waals surface area contributed by atoms with Gasteiger partial charge in [-0.1, -0.05) is 11.6 Å². The molecule has 0 aliphatic carbocycles. The first-order chi connectivity index (χ1) is 9.60. The van der Waals surface area contributed by atoms with E-state index in [1.54, 1.807) is 19.1 Å². The Morgan fingerprint density at radius 1 is 1.45 bits per heavy atom. The number of ether oxygens (including phenoxy) is 2. The fourth-order valence-corrected chi connectivity index (χ4v) is 2.25. The van der Waals surface area contributed by atoms with Crippen LogP contribution in [-0.4, -0.2) is 35.1 Å². The van der Waals surface area contributed by atoms with Crippen molar-refractivity contribution in [1.29, 1.82) is 0 Å². The summed E-state index contributed by atoms with van der Waals surface area (Å²) in [6.45, 7) is 1.96. The zero-order valence-corrected chi connectivity index (χ0v) is 13.1. The number of carbonyl (C=O) groups excluding carboxylic acids is 1. The van der Waals surface area contributed by atoms with Crippen LogP contribution in [0.2, 0.25) is 5.02 Å². The average molecular weight is 361 g/mol. The highest BCUT2D eigenvalue weighted by Crippen LogP contribution is 2.40. The van der Waals surface area contributed by atoms with Gasteiger partial charge in [-0.05, 0) is 35.0 Å². The second kappa shape index (κ2) is 6.23. The van der Waals surface area contributed by atoms with E-state index >= 15 is 0 Å². The first kappa shape index (κ1) is 14.8. The predicted molar refractivity (Wildman–Crippen MR) is 77.0 cm³/mol. The molecule has 106 valence electrons. The highest BCUT2D eigenvalue weighted by atomic mass is 79.9. The lowest BCUT2D eigenvalue weighted by molar-refractivity contribution is 0.0520. The quantitative estimate of drug-likeness (QED) is 0.848. The van der Waals surface area contributed by atoms with Gasteiger partial charge in [0, 0.05) is 4.47 Å². The van der Waals surface area contributed by atoms with Crippen molar-refractivity contribution in [2.75, 3.05) is 13.7 Å². The molecule has 0 atom stereocenters. The molecular weight excluding hydrogens is 350 g/mol. The van der Waals surface area contributed by atoms with Crippen LogP contribution in [0.3, 0.4) is 0 Å². The molecule has 0 amide bonds. The van der Waals surface area contributed by atoms with Crippen molar-refractivity contribution < 1.29 is 14.3 Å². The van der Waals surface area contributed by atoms with E-state index in [1.807, 2.05) is 0 Å². The minimum atomic E-state index is -0.575. The molecule has 1 N–H and O–H groups in total. The van der Waals surface area contributed by atoms with Crippen molar-refractivity contribution in [2.45, 2.75) is 6.92 Å². The molecule has 2 aromatic rings. The molecule has 0 aliphatic rings. The van der Waals surface area contributed by atoms with Gasteiger partial charge in [-0.2, -0.15) is 10.3 Å². The summed E-state index contributed by atoms with van der Waals surface area (Å²) in [5.74, 6) is -0.0907. The molecule has 0 bridgehead atoms. The van der Waals surface area contributed by atoms with Crippen molar-refractivity contribution in [3.05, 3.63) is 27.3 Å². The van der Waals surface area contributed by atoms with E-state index in [9.17, 15) is 4.79 Å². The number of nitrogens with zero attached hydrogens (tertiary/aromatic N) is 2. The minimum Gasteiger partial charge on any atom is -0.496 e. The fourth-order valence-electron chi connectivity index (χ4n) is 1.67. The Hall–Kier alpha value is -1.60. The molecule has 1 heterocycles. The second-order valence-electron chi connectivity index (χ2n) is 3.68. The zero-order chi connectivity index (χ0) is 14.7. The van der Waals surface area contributed by atoms with E-state index in [2.05, 4.69) is 31.3 Å². The fraction of sp³-hybridized carbons (Fsp3) is 0.250. The standard InChI is InChI=1S/C12H11BrClN3O3/c1-3-20-12(18)11-10(15-17-16-11)8-7(19-2)5-4-6(13)9(8)14/h4-5H,3H2,1-2H3,(H,15,16,17). The third-order valence-electron chi connectivity index (χ3n) is 2.53. The van der Waals surface area contributed by atoms with Gasteiger partial charge in [0.15, 0.2) is 5.69 Å². The highest BCUT2D eigenvalue weighted by Gasteiger charge is 2.24. The maximum atomic E-state index is 11.9. The van der Waals surface area contributed by atoms with Crippen LogP contribution >= 0.6 is 27.5 Å². The van der Waals surface area contributed by atoms with Gasteiger partial charge in [0.25, 0.3) is 0 Å². The normalized spacial score (nSPS) is 10.4. The van der Waals surface area contributed by atoms with Gasteiger partial charge in [0.1, 0.15) is 11.4 Å². The smallest absolute Gasteiger partial charge is 0.361 e. The third-order valence-corrected chi connectivity index (χ3v) is 3.81. The van der Waals surface area contributed by atoms with Crippen molar-refractivity contribution in [3.8, 4) is 17.0 Å². The number of H-pyrrole nitrogens is 1. The lowest BCUT2D eigenvalue weighted by Crippen LogP contribution is -2.07. The summed E-state index contributed by atoms with van der Waals surface area (Å²) >= 11 is 9.59. The Bertz CT molecular complexity index is 645. The number of rotatable bonds is 4. The van der Waals surface area contributed by atoms with Gasteiger partial charge in [0.2, 0.25) is 0 Å². The van der Waals surface area contributed by atoms with E-state index in [4.69, 9.17) is 21.1 Å². The van der Waals surface area contributed by atoms with E-state index in [-0.39, 0.29) is 18.0 Å². The van der Waals surface area contributed by atoms with Crippen molar-refractivity contribution in [1.82, 2.24) is 15.4 Å². The molecule has 8 heteroatoms. The summed E-state index contributed by atoms with van der Waals surface area (Å²) in [6.07, 6.45) is 0. The molecule has 20 heavy (non-hydrogen) atoms. The molecular formula is C12H11BrClN3O3. The molecule has 0 radical (unpaired) electrons. The van der Waals surface area contributed by atoms with Crippen LogP contribution in [0.4, 0.5) is 0 Å². The molecule has 0 saturated carbocycles. The van der Waals surface area contributed by atoms with Gasteiger partial charge in [-0.3, -0.25) is 0 Å². The number of carbonyl (C=O) groups is 1. The monoisotopic (exact) mass is 359 g/mol. The highest BCUT2D eigenvalue weighted by molar-refractivity contribution is 9.10. The summed E-state index contributed by atoms with van der Waals surface area (Å²) < 4.78 is 10.9. The lowest BCUT2D eigenvalue weighted by atomic mass is 10.1. The molecule has 6 nitrogen and oxygen atoms in total. The topological polar surface area (TPSA) is 77.1 Å². The Kier molecular flexibility index (Phi) is 4.61. The van der Waals surface area contributed by atoms with Gasteiger partial charge < -0.3 is 9.47 Å². The molecule has 1 aromatic carbocycles. The zero-order valence-electron chi connectivity index (χ0n) is 10.7. The van der Waals surface area contributed by atoms with E-state index < -0.39 is 5.97 Å². The molecule has 0 fully saturated rings. The van der Waals surface area contributed by atoms with E-state index in [0.29, 0.717) is 20.8 Å². The van der Waals surface area contributed by atoms with Gasteiger partial charge in [-0.25, -0.2) is 4.79 Å². The van der Waals surface area contributed by atoms with Gasteiger partial charge >= 0.3 is 5.97 Å². The Morgan fingerprint density at radius 2 is 2.20 bits per heavy atom. The Balaban J connectivity index is 2.61. The van der Waals surface area contributed by atoms with Crippen LogP contribution in [0.15, 0.2) is 16.6 Å². The van der Waals surface area contributed by atoms with Gasteiger partial charge in [0.05, 0.1) is 24.3 Å². The van der Waals surface area contributed by atoms with Crippen LogP contribution in [0.1, 0.15) is 17.4 Å². The molecule has 0 unspecified atom stereocenters. The molecule has 0 aliphatic heterocycles. The Morgan fingerprint density at radius 3 is 2.85 bits per heavy atom. The number of nitrogens with one attached hydrogen (secondary N) is 1. The maximum absolute atomic E-state index is 11.9. The summed E-state index contributed by atoms with van der Waals surface area (Å²) in [5.41, 5.74) is 0.817. The van der Waals surface area contributed by atoms with Crippen LogP contribution in [0, 0.1) is 0 Å². The number of aromatic nitrogens is 3. The summed E-state index contributed by atoms with van der Waals surface area (Å²) in [5, 5.41) is 10.6. The van der Waals surface area contributed by atoms with Crippen molar-refractivity contribution in [3.63, 3.8) is 0 Å². The number of methoxy groups -OCH3 is 1. The number of aromatic amines is 1. The number of benzene rings is 1. The molecule has 2 rings (SSSR count). The predicted octanol–water partition coefficient (Wildman–Crippen LogP) is 3.07. The first-order valence-corrected chi connectivity index (χ1v) is 6.87. The Labute approximate surface area is 128 Å². The molecule has 0 spiro atoms. The van der Waals surface area contributed by atoms with Crippen LogP contribution < -0.4 is 4.74 Å². The van der Waals surface area contributed by atoms with Crippen LogP contribution in [-0.2, 0) is 4.74 Å². The average Bonchev–Trinajstić information content (AvgIpc) is 2.91. The first-order valence-electron chi connectivity index (χ1n) is 5.70. The van der Waals surface area contributed by atoms with Gasteiger partial charge in [-0.15, -0.1) is 5.10 Å². The third kappa shape index (κ3) is 2.64. The number of halogens is 2. The number of hydrogen-bond donors (Lipinski definition) is 1. The second-order valence-corrected chi connectivity index (χ2v) is 4.91.